The average molecular weight is 526 g/mol. The summed E-state index contributed by atoms with van der Waals surface area (Å²) in [5, 5.41) is 1.43. The molecule has 0 unspecified atom stereocenters. The summed E-state index contributed by atoms with van der Waals surface area (Å²) in [5.41, 5.74) is 5.29. The van der Waals surface area contributed by atoms with E-state index in [1.165, 1.54) is 18.3 Å². The second-order valence-electron chi connectivity index (χ2n) is 8.82. The standard InChI is InChI=1S/C22H22F3N5O3S2/c1-11-13(19(26)31)6-7-14(15-8-27-9-16(28-15)22(23,24)25)18(11)21(2,3)17-10-34-20(29-17)30-35(32,33)12-4-5-12/h6-10,12H,4-5H2,1-3H3,(H2,26,31)(H,29,30). The number of amides is 1. The number of aromatic nitrogens is 3. The molecule has 3 aromatic rings. The van der Waals surface area contributed by atoms with Crippen LogP contribution in [0.25, 0.3) is 11.3 Å². The highest BCUT2D eigenvalue weighted by atomic mass is 32.2. The zero-order chi connectivity index (χ0) is 25.8. The van der Waals surface area contributed by atoms with Gasteiger partial charge >= 0.3 is 6.18 Å². The Morgan fingerprint density at radius 1 is 1.14 bits per heavy atom. The van der Waals surface area contributed by atoms with Crippen LogP contribution in [0.3, 0.4) is 0 Å². The van der Waals surface area contributed by atoms with Crippen LogP contribution >= 0.6 is 11.3 Å². The summed E-state index contributed by atoms with van der Waals surface area (Å²) in [4.78, 5) is 24.0. The van der Waals surface area contributed by atoms with Crippen molar-refractivity contribution in [2.45, 2.75) is 50.5 Å². The third-order valence-electron chi connectivity index (χ3n) is 5.89. The van der Waals surface area contributed by atoms with E-state index < -0.39 is 38.5 Å². The molecule has 1 saturated carbocycles. The molecule has 2 aromatic heterocycles. The Kier molecular flexibility index (Phi) is 6.12. The van der Waals surface area contributed by atoms with Crippen LogP contribution in [0.4, 0.5) is 18.3 Å². The minimum Gasteiger partial charge on any atom is -0.366 e. The van der Waals surface area contributed by atoms with Crippen LogP contribution in [-0.4, -0.2) is 34.5 Å². The molecule has 0 spiro atoms. The second-order valence-corrected chi connectivity index (χ2v) is 11.6. The first-order chi connectivity index (χ1) is 16.2. The van der Waals surface area contributed by atoms with Gasteiger partial charge < -0.3 is 5.73 Å². The van der Waals surface area contributed by atoms with Crippen molar-refractivity contribution in [3.8, 4) is 11.3 Å². The van der Waals surface area contributed by atoms with Gasteiger partial charge in [0, 0.05) is 21.9 Å². The summed E-state index contributed by atoms with van der Waals surface area (Å²) in [5.74, 6) is -0.697. The summed E-state index contributed by atoms with van der Waals surface area (Å²) in [7, 11) is -3.52. The molecule has 2 heterocycles. The van der Waals surface area contributed by atoms with E-state index in [0.29, 0.717) is 41.4 Å². The zero-order valence-corrected chi connectivity index (χ0v) is 20.6. The van der Waals surface area contributed by atoms with Crippen molar-refractivity contribution in [1.29, 1.82) is 0 Å². The van der Waals surface area contributed by atoms with Crippen molar-refractivity contribution in [3.05, 3.63) is 58.0 Å². The van der Waals surface area contributed by atoms with Gasteiger partial charge in [0.2, 0.25) is 15.9 Å². The summed E-state index contributed by atoms with van der Waals surface area (Å²) >= 11 is 1.10. The quantitative estimate of drug-likeness (QED) is 0.475. The number of rotatable bonds is 7. The van der Waals surface area contributed by atoms with Crippen LogP contribution in [0, 0.1) is 6.92 Å². The summed E-state index contributed by atoms with van der Waals surface area (Å²) in [6.45, 7) is 5.20. The lowest BCUT2D eigenvalue weighted by Crippen LogP contribution is -2.25. The van der Waals surface area contributed by atoms with Crippen molar-refractivity contribution < 1.29 is 26.4 Å². The Morgan fingerprint density at radius 2 is 1.83 bits per heavy atom. The van der Waals surface area contributed by atoms with Gasteiger partial charge in [-0.1, -0.05) is 19.9 Å². The molecule has 1 aliphatic carbocycles. The molecule has 1 aromatic carbocycles. The number of alkyl halides is 3. The number of carbonyl (C=O) groups is 1. The molecular formula is C22H22F3N5O3S2. The lowest BCUT2D eigenvalue weighted by atomic mass is 9.75. The van der Waals surface area contributed by atoms with Crippen LogP contribution in [0.15, 0.2) is 29.9 Å². The summed E-state index contributed by atoms with van der Waals surface area (Å²) in [6.07, 6.45) is -1.65. The number of halogens is 3. The molecule has 0 bridgehead atoms. The highest BCUT2D eigenvalue weighted by molar-refractivity contribution is 7.93. The van der Waals surface area contributed by atoms with Crippen molar-refractivity contribution in [3.63, 3.8) is 0 Å². The third kappa shape index (κ3) is 4.87. The maximum atomic E-state index is 13.3. The first-order valence-corrected chi connectivity index (χ1v) is 13.0. The molecule has 1 fully saturated rings. The summed E-state index contributed by atoms with van der Waals surface area (Å²) < 4.78 is 67.0. The highest BCUT2D eigenvalue weighted by Gasteiger charge is 2.38. The fraction of sp³-hybridized carbons (Fsp3) is 0.364. The first kappa shape index (κ1) is 25.0. The predicted molar refractivity (Wildman–Crippen MR) is 126 cm³/mol. The van der Waals surface area contributed by atoms with Crippen molar-refractivity contribution >= 4 is 32.4 Å². The topological polar surface area (TPSA) is 128 Å². The van der Waals surface area contributed by atoms with Crippen molar-refractivity contribution in [1.82, 2.24) is 15.0 Å². The van der Waals surface area contributed by atoms with Crippen LogP contribution in [0.1, 0.15) is 59.6 Å². The fourth-order valence-electron chi connectivity index (χ4n) is 3.95. The van der Waals surface area contributed by atoms with Gasteiger partial charge in [-0.25, -0.2) is 18.4 Å². The maximum absolute atomic E-state index is 13.3. The maximum Gasteiger partial charge on any atom is 0.434 e. The van der Waals surface area contributed by atoms with E-state index in [2.05, 4.69) is 19.7 Å². The lowest BCUT2D eigenvalue weighted by Gasteiger charge is -2.29. The molecule has 35 heavy (non-hydrogen) atoms. The number of nitrogens with one attached hydrogen (secondary N) is 1. The molecule has 8 nitrogen and oxygen atoms in total. The minimum atomic E-state index is -4.69. The van der Waals surface area contributed by atoms with Crippen LogP contribution in [0.5, 0.6) is 0 Å². The fourth-order valence-corrected chi connectivity index (χ4v) is 6.42. The molecule has 13 heteroatoms. The molecule has 0 aliphatic heterocycles. The lowest BCUT2D eigenvalue weighted by molar-refractivity contribution is -0.141. The van der Waals surface area contributed by atoms with Crippen LogP contribution in [-0.2, 0) is 21.6 Å². The van der Waals surface area contributed by atoms with Gasteiger partial charge in [0.15, 0.2) is 10.8 Å². The Balaban J connectivity index is 1.85. The Bertz CT molecular complexity index is 1410. The van der Waals surface area contributed by atoms with Crippen LogP contribution in [0.2, 0.25) is 0 Å². The SMILES string of the molecule is Cc1c(C(N)=O)ccc(-c2cncc(C(F)(F)F)n2)c1C(C)(C)c1csc(NS(=O)(=O)C2CC2)n1. The van der Waals surface area contributed by atoms with Gasteiger partial charge in [-0.2, -0.15) is 13.2 Å². The van der Waals surface area contributed by atoms with E-state index in [1.54, 1.807) is 26.2 Å². The molecule has 186 valence electrons. The Labute approximate surface area is 203 Å². The number of benzene rings is 1. The summed E-state index contributed by atoms with van der Waals surface area (Å²) in [6, 6.07) is 2.92. The van der Waals surface area contributed by atoms with E-state index in [1.807, 2.05) is 0 Å². The average Bonchev–Trinajstić information content (AvgIpc) is 3.53. The number of hydrogen-bond acceptors (Lipinski definition) is 7. The number of anilines is 1. The monoisotopic (exact) mass is 525 g/mol. The number of thiazole rings is 1. The van der Waals surface area contributed by atoms with Crippen molar-refractivity contribution in [2.24, 2.45) is 5.73 Å². The van der Waals surface area contributed by atoms with Crippen molar-refractivity contribution in [2.75, 3.05) is 4.72 Å². The molecule has 1 amide bonds. The largest absolute Gasteiger partial charge is 0.434 e. The number of hydrogen-bond donors (Lipinski definition) is 2. The predicted octanol–water partition coefficient (Wildman–Crippen LogP) is 4.26. The number of nitrogens with two attached hydrogens (primary N) is 1. The minimum absolute atomic E-state index is 0.0353. The van der Waals surface area contributed by atoms with Crippen LogP contribution < -0.4 is 10.5 Å². The molecule has 0 atom stereocenters. The van der Waals surface area contributed by atoms with E-state index in [0.717, 1.165) is 11.3 Å². The van der Waals surface area contributed by atoms with E-state index in [9.17, 15) is 26.4 Å². The number of primary amides is 1. The molecule has 0 saturated heterocycles. The molecule has 1 aliphatic rings. The molecule has 4 rings (SSSR count). The van der Waals surface area contributed by atoms with Gasteiger partial charge in [-0.15, -0.1) is 11.3 Å². The van der Waals surface area contributed by atoms with Gasteiger partial charge in [0.25, 0.3) is 0 Å². The van der Waals surface area contributed by atoms with Gasteiger partial charge in [-0.05, 0) is 37.0 Å². The Hall–Kier alpha value is -3.06. The van der Waals surface area contributed by atoms with Gasteiger partial charge in [0.05, 0.1) is 29.0 Å². The Morgan fingerprint density at radius 3 is 2.43 bits per heavy atom. The number of carbonyl (C=O) groups excluding carboxylic acids is 1. The number of sulfonamides is 1. The van der Waals surface area contributed by atoms with Gasteiger partial charge in [-0.3, -0.25) is 14.5 Å². The number of nitrogens with zero attached hydrogens (tertiary/aromatic N) is 3. The third-order valence-corrected chi connectivity index (χ3v) is 8.61. The zero-order valence-electron chi connectivity index (χ0n) is 19.0. The molecule has 0 radical (unpaired) electrons. The highest BCUT2D eigenvalue weighted by Crippen LogP contribution is 2.42. The van der Waals surface area contributed by atoms with E-state index in [4.69, 9.17) is 5.73 Å². The van der Waals surface area contributed by atoms with Gasteiger partial charge in [0.1, 0.15) is 0 Å². The normalized spacial score (nSPS) is 14.7. The van der Waals surface area contributed by atoms with E-state index >= 15 is 0 Å². The molecule has 3 N–H and O–H groups in total. The first-order valence-electron chi connectivity index (χ1n) is 10.5. The smallest absolute Gasteiger partial charge is 0.366 e. The van der Waals surface area contributed by atoms with E-state index in [-0.39, 0.29) is 16.4 Å². The molecular weight excluding hydrogens is 503 g/mol. The second kappa shape index (κ2) is 8.55.